The van der Waals surface area contributed by atoms with Crippen LogP contribution in [0.15, 0.2) is 70.6 Å². The molecule has 0 aliphatic carbocycles. The first kappa shape index (κ1) is 21.3. The summed E-state index contributed by atoms with van der Waals surface area (Å²) in [5.74, 6) is 0.142. The number of anilines is 2. The summed E-state index contributed by atoms with van der Waals surface area (Å²) in [5.41, 5.74) is 1.91. The Morgan fingerprint density at radius 2 is 1.97 bits per heavy atom. The molecule has 2 aromatic carbocycles. The fourth-order valence-corrected chi connectivity index (χ4v) is 3.79. The average Bonchev–Trinajstić information content (AvgIpc) is 2.75. The van der Waals surface area contributed by atoms with Crippen LogP contribution in [0.25, 0.3) is 0 Å². The van der Waals surface area contributed by atoms with Crippen molar-refractivity contribution in [2.24, 2.45) is 4.99 Å². The zero-order valence-electron chi connectivity index (χ0n) is 15.3. The first-order valence-corrected chi connectivity index (χ1v) is 10.3. The quantitative estimate of drug-likeness (QED) is 0.191. The van der Waals surface area contributed by atoms with Crippen molar-refractivity contribution < 1.29 is 9.18 Å². The highest BCUT2D eigenvalue weighted by Crippen LogP contribution is 2.32. The van der Waals surface area contributed by atoms with Crippen molar-refractivity contribution in [3.05, 3.63) is 82.8 Å². The minimum absolute atomic E-state index is 0.0181. The number of pyridine rings is 1. The van der Waals surface area contributed by atoms with Gasteiger partial charge in [-0.3, -0.25) is 14.7 Å². The Bertz CT molecular complexity index is 1050. The summed E-state index contributed by atoms with van der Waals surface area (Å²) in [6.07, 6.45) is 0.584. The van der Waals surface area contributed by atoms with Crippen LogP contribution in [-0.2, 0) is 10.5 Å². The number of hydrogen-bond donors (Lipinski definition) is 0. The molecule has 0 aliphatic rings. The minimum atomic E-state index is -0.745. The van der Waals surface area contributed by atoms with Crippen LogP contribution in [0.4, 0.5) is 15.9 Å². The molecule has 3 aromatic rings. The lowest BCUT2D eigenvalue weighted by Gasteiger charge is -2.20. The van der Waals surface area contributed by atoms with Gasteiger partial charge >= 0.3 is 0 Å². The predicted molar refractivity (Wildman–Crippen MR) is 118 cm³/mol. The number of thioether (sulfide) groups is 1. The zero-order chi connectivity index (χ0) is 20.8. The van der Waals surface area contributed by atoms with Gasteiger partial charge in [-0.2, -0.15) is 0 Å². The molecule has 4 nitrogen and oxygen atoms in total. The van der Waals surface area contributed by atoms with E-state index in [-0.39, 0.29) is 21.7 Å². The second-order valence-electron chi connectivity index (χ2n) is 5.89. The van der Waals surface area contributed by atoms with Crippen molar-refractivity contribution in [2.45, 2.75) is 10.6 Å². The van der Waals surface area contributed by atoms with E-state index in [9.17, 15) is 9.18 Å². The first-order valence-electron chi connectivity index (χ1n) is 8.53. The van der Waals surface area contributed by atoms with E-state index in [2.05, 4.69) is 22.1 Å². The van der Waals surface area contributed by atoms with E-state index in [0.717, 1.165) is 16.7 Å². The van der Waals surface area contributed by atoms with Crippen molar-refractivity contribution in [3.8, 4) is 0 Å². The molecule has 0 radical (unpaired) electrons. The Hall–Kier alpha value is -2.41. The Morgan fingerprint density at radius 1 is 1.21 bits per heavy atom. The second kappa shape index (κ2) is 9.87. The number of rotatable bonds is 7. The molecular formula is C21H16Cl2FN3OS. The van der Waals surface area contributed by atoms with Gasteiger partial charge in [0.05, 0.1) is 11.3 Å². The largest absolute Gasteiger partial charge is 0.278 e. The Balaban J connectivity index is 1.95. The lowest BCUT2D eigenvalue weighted by molar-refractivity contribution is -0.106. The number of halogens is 3. The summed E-state index contributed by atoms with van der Waals surface area (Å²) < 4.78 is 13.9. The standard InChI is InChI=1S/C21H16Cl2FN3OS/c1-25-19(22)17-11-18(24)20(23)26-21(17)27(13-28)15-8-5-9-16(10-15)29-12-14-6-3-2-4-7-14/h2-11,13H,12H2,1H3. The van der Waals surface area contributed by atoms with Crippen LogP contribution in [-0.4, -0.2) is 23.6 Å². The lowest BCUT2D eigenvalue weighted by atomic mass is 10.2. The molecule has 0 aliphatic heterocycles. The number of aliphatic imine (C=N–C) groups is 1. The van der Waals surface area contributed by atoms with Gasteiger partial charge in [-0.15, -0.1) is 11.8 Å². The number of carbonyl (C=O) groups excluding carboxylic acids is 1. The molecule has 0 saturated heterocycles. The van der Waals surface area contributed by atoms with Crippen molar-refractivity contribution in [1.82, 2.24) is 4.98 Å². The fourth-order valence-electron chi connectivity index (χ4n) is 2.61. The maximum absolute atomic E-state index is 13.9. The molecule has 1 aromatic heterocycles. The van der Waals surface area contributed by atoms with E-state index in [0.29, 0.717) is 12.1 Å². The molecule has 148 valence electrons. The summed E-state index contributed by atoms with van der Waals surface area (Å²) >= 11 is 13.6. The normalized spacial score (nSPS) is 11.4. The topological polar surface area (TPSA) is 45.6 Å². The van der Waals surface area contributed by atoms with Gasteiger partial charge in [0, 0.05) is 17.7 Å². The maximum atomic E-state index is 13.9. The van der Waals surface area contributed by atoms with Crippen LogP contribution in [0, 0.1) is 5.82 Å². The summed E-state index contributed by atoms with van der Waals surface area (Å²) in [4.78, 5) is 22.0. The third-order valence-corrected chi connectivity index (χ3v) is 5.71. The highest BCUT2D eigenvalue weighted by atomic mass is 35.5. The van der Waals surface area contributed by atoms with Crippen LogP contribution in [0.3, 0.4) is 0 Å². The Morgan fingerprint density at radius 3 is 2.66 bits per heavy atom. The molecular weight excluding hydrogens is 432 g/mol. The second-order valence-corrected chi connectivity index (χ2v) is 7.66. The number of hydrogen-bond acceptors (Lipinski definition) is 4. The van der Waals surface area contributed by atoms with E-state index >= 15 is 0 Å². The van der Waals surface area contributed by atoms with Crippen molar-refractivity contribution in [2.75, 3.05) is 11.9 Å². The molecule has 0 fully saturated rings. The summed E-state index contributed by atoms with van der Waals surface area (Å²) in [7, 11) is 1.46. The molecule has 0 saturated carbocycles. The van der Waals surface area contributed by atoms with E-state index < -0.39 is 5.82 Å². The van der Waals surface area contributed by atoms with Gasteiger partial charge in [0.25, 0.3) is 0 Å². The van der Waals surface area contributed by atoms with Crippen LogP contribution < -0.4 is 4.90 Å². The Labute approximate surface area is 182 Å². The molecule has 1 heterocycles. The zero-order valence-corrected chi connectivity index (χ0v) is 17.7. The van der Waals surface area contributed by atoms with E-state index in [1.54, 1.807) is 17.8 Å². The molecule has 1 amide bonds. The van der Waals surface area contributed by atoms with Crippen molar-refractivity contribution >= 4 is 58.0 Å². The molecule has 0 N–H and O–H groups in total. The molecule has 0 atom stereocenters. The fraction of sp³-hybridized carbons (Fsp3) is 0.0952. The number of nitrogens with zero attached hydrogens (tertiary/aromatic N) is 3. The van der Waals surface area contributed by atoms with Gasteiger partial charge < -0.3 is 0 Å². The van der Waals surface area contributed by atoms with Crippen LogP contribution in [0.1, 0.15) is 11.1 Å². The minimum Gasteiger partial charge on any atom is -0.278 e. The SMILES string of the molecule is CN=C(Cl)c1cc(F)c(Cl)nc1N(C=O)c1cccc(SCc2ccccc2)c1. The molecule has 0 bridgehead atoms. The molecule has 29 heavy (non-hydrogen) atoms. The number of benzene rings is 2. The predicted octanol–water partition coefficient (Wildman–Crippen LogP) is 6.08. The van der Waals surface area contributed by atoms with Gasteiger partial charge in [-0.25, -0.2) is 9.37 Å². The van der Waals surface area contributed by atoms with Gasteiger partial charge in [0.2, 0.25) is 6.41 Å². The highest BCUT2D eigenvalue weighted by Gasteiger charge is 2.20. The number of aromatic nitrogens is 1. The molecule has 0 spiro atoms. The van der Waals surface area contributed by atoms with Gasteiger partial charge in [0.15, 0.2) is 16.8 Å². The lowest BCUT2D eigenvalue weighted by Crippen LogP contribution is -2.19. The number of carbonyl (C=O) groups is 1. The van der Waals surface area contributed by atoms with E-state index in [1.807, 2.05) is 36.4 Å². The number of amides is 1. The van der Waals surface area contributed by atoms with Gasteiger partial charge in [0.1, 0.15) is 5.17 Å². The van der Waals surface area contributed by atoms with E-state index in [4.69, 9.17) is 23.2 Å². The van der Waals surface area contributed by atoms with Crippen molar-refractivity contribution in [1.29, 1.82) is 0 Å². The smallest absolute Gasteiger partial charge is 0.219 e. The van der Waals surface area contributed by atoms with Crippen LogP contribution >= 0.6 is 35.0 Å². The third kappa shape index (κ3) is 5.15. The summed E-state index contributed by atoms with van der Waals surface area (Å²) in [6, 6.07) is 18.6. The van der Waals surface area contributed by atoms with Gasteiger partial charge in [-0.1, -0.05) is 59.6 Å². The van der Waals surface area contributed by atoms with Crippen LogP contribution in [0.2, 0.25) is 5.15 Å². The first-order chi connectivity index (χ1) is 14.0. The highest BCUT2D eigenvalue weighted by molar-refractivity contribution is 7.98. The van der Waals surface area contributed by atoms with Gasteiger partial charge in [-0.05, 0) is 29.8 Å². The monoisotopic (exact) mass is 447 g/mol. The molecule has 3 rings (SSSR count). The van der Waals surface area contributed by atoms with Crippen LogP contribution in [0.5, 0.6) is 0 Å². The molecule has 8 heteroatoms. The summed E-state index contributed by atoms with van der Waals surface area (Å²) in [5, 5.41) is -0.338. The van der Waals surface area contributed by atoms with E-state index in [1.165, 1.54) is 17.5 Å². The maximum Gasteiger partial charge on any atom is 0.219 e. The summed E-state index contributed by atoms with van der Waals surface area (Å²) in [6.45, 7) is 0. The molecule has 0 unspecified atom stereocenters. The third-order valence-electron chi connectivity index (χ3n) is 4.01. The average molecular weight is 448 g/mol. The van der Waals surface area contributed by atoms with Crippen molar-refractivity contribution in [3.63, 3.8) is 0 Å². The Kier molecular flexibility index (Phi) is 7.25.